The van der Waals surface area contributed by atoms with Crippen LogP contribution in [-0.4, -0.2) is 9.38 Å². The monoisotopic (exact) mass is 326 g/mol. The zero-order chi connectivity index (χ0) is 17.2. The van der Waals surface area contributed by atoms with Crippen LogP contribution in [0, 0.1) is 13.8 Å². The van der Waals surface area contributed by atoms with Crippen LogP contribution in [0.15, 0.2) is 83.2 Å². The Morgan fingerprint density at radius 2 is 1.64 bits per heavy atom. The summed E-state index contributed by atoms with van der Waals surface area (Å²) in [4.78, 5) is 4.74. The third-order valence-corrected chi connectivity index (χ3v) is 4.16. The molecule has 4 aromatic rings. The zero-order valence-corrected chi connectivity index (χ0v) is 14.2. The highest BCUT2D eigenvalue weighted by molar-refractivity contribution is 5.74. The second-order valence-corrected chi connectivity index (χ2v) is 6.07. The van der Waals surface area contributed by atoms with Crippen molar-refractivity contribution in [2.24, 2.45) is 10.2 Å². The molecule has 2 aromatic heterocycles. The van der Waals surface area contributed by atoms with Crippen LogP contribution < -0.4 is 0 Å². The van der Waals surface area contributed by atoms with Crippen molar-refractivity contribution in [3.63, 3.8) is 0 Å². The average Bonchev–Trinajstić information content (AvgIpc) is 3.00. The summed E-state index contributed by atoms with van der Waals surface area (Å²) >= 11 is 0. The van der Waals surface area contributed by atoms with E-state index in [9.17, 15) is 0 Å². The Morgan fingerprint density at radius 3 is 2.44 bits per heavy atom. The lowest BCUT2D eigenvalue weighted by atomic mass is 10.1. The van der Waals surface area contributed by atoms with Crippen LogP contribution in [0.25, 0.3) is 16.9 Å². The van der Waals surface area contributed by atoms with Crippen molar-refractivity contribution in [3.05, 3.63) is 84.1 Å². The van der Waals surface area contributed by atoms with E-state index in [1.165, 1.54) is 5.56 Å². The van der Waals surface area contributed by atoms with Gasteiger partial charge in [0.1, 0.15) is 11.3 Å². The molecule has 0 saturated heterocycles. The molecule has 2 aromatic carbocycles. The molecule has 0 spiro atoms. The smallest absolute Gasteiger partial charge is 0.187 e. The van der Waals surface area contributed by atoms with Gasteiger partial charge in [0, 0.05) is 11.8 Å². The van der Waals surface area contributed by atoms with E-state index in [0.717, 1.165) is 34.0 Å². The lowest BCUT2D eigenvalue weighted by Crippen LogP contribution is -1.82. The number of hydrogen-bond acceptors (Lipinski definition) is 3. The summed E-state index contributed by atoms with van der Waals surface area (Å²) in [5.41, 5.74) is 5.92. The van der Waals surface area contributed by atoms with Crippen LogP contribution in [-0.2, 0) is 0 Å². The molecule has 0 aliphatic rings. The van der Waals surface area contributed by atoms with Crippen molar-refractivity contribution >= 4 is 17.2 Å². The molecule has 0 saturated carbocycles. The maximum Gasteiger partial charge on any atom is 0.187 e. The van der Waals surface area contributed by atoms with Gasteiger partial charge in [0.25, 0.3) is 0 Å². The number of azo groups is 1. The van der Waals surface area contributed by atoms with E-state index < -0.39 is 0 Å². The summed E-state index contributed by atoms with van der Waals surface area (Å²) in [5, 5.41) is 9.05. The standard InChI is InChI=1S/C21H18N4/c1-15-11-12-18(16(2)14-15)23-24-21-20(17-8-4-3-5-9-17)22-19-10-6-7-13-25(19)21/h3-14H,1-2H3. The Labute approximate surface area is 146 Å². The molecule has 0 unspecified atom stereocenters. The molecule has 0 aliphatic heterocycles. The van der Waals surface area contributed by atoms with Gasteiger partial charge in [-0.25, -0.2) is 4.98 Å². The van der Waals surface area contributed by atoms with Crippen LogP contribution in [0.2, 0.25) is 0 Å². The van der Waals surface area contributed by atoms with Gasteiger partial charge < -0.3 is 0 Å². The molecule has 25 heavy (non-hydrogen) atoms. The molecule has 4 rings (SSSR count). The number of benzene rings is 2. The van der Waals surface area contributed by atoms with Gasteiger partial charge in [-0.05, 0) is 37.6 Å². The predicted octanol–water partition coefficient (Wildman–Crippen LogP) is 6.03. The number of hydrogen-bond donors (Lipinski definition) is 0. The number of aromatic nitrogens is 2. The van der Waals surface area contributed by atoms with Crippen molar-refractivity contribution in [1.29, 1.82) is 0 Å². The Balaban J connectivity index is 1.86. The highest BCUT2D eigenvalue weighted by atomic mass is 15.2. The van der Waals surface area contributed by atoms with Gasteiger partial charge in [-0.1, -0.05) is 54.1 Å². The van der Waals surface area contributed by atoms with E-state index in [1.807, 2.05) is 78.2 Å². The maximum absolute atomic E-state index is 4.74. The van der Waals surface area contributed by atoms with Crippen LogP contribution in [0.4, 0.5) is 11.5 Å². The third-order valence-electron chi connectivity index (χ3n) is 4.16. The second kappa shape index (κ2) is 6.32. The van der Waals surface area contributed by atoms with Crippen molar-refractivity contribution in [2.75, 3.05) is 0 Å². The van der Waals surface area contributed by atoms with Crippen LogP contribution in [0.1, 0.15) is 11.1 Å². The molecule has 2 heterocycles. The summed E-state index contributed by atoms with van der Waals surface area (Å²) in [5.74, 6) is 0.738. The normalized spacial score (nSPS) is 11.4. The predicted molar refractivity (Wildman–Crippen MR) is 101 cm³/mol. The first kappa shape index (κ1) is 15.3. The molecule has 0 bridgehead atoms. The van der Waals surface area contributed by atoms with E-state index in [1.54, 1.807) is 0 Å². The average molecular weight is 326 g/mol. The number of fused-ring (bicyclic) bond motifs is 1. The van der Waals surface area contributed by atoms with E-state index in [0.29, 0.717) is 0 Å². The molecule has 0 atom stereocenters. The van der Waals surface area contributed by atoms with Crippen molar-refractivity contribution in [2.45, 2.75) is 13.8 Å². The Morgan fingerprint density at radius 1 is 0.840 bits per heavy atom. The molecular weight excluding hydrogens is 308 g/mol. The Bertz CT molecular complexity index is 1060. The minimum Gasteiger partial charge on any atom is -0.283 e. The van der Waals surface area contributed by atoms with Crippen molar-refractivity contribution in [3.8, 4) is 11.3 Å². The van der Waals surface area contributed by atoms with Gasteiger partial charge in [0.15, 0.2) is 5.82 Å². The van der Waals surface area contributed by atoms with E-state index in [2.05, 4.69) is 23.2 Å². The first-order valence-electron chi connectivity index (χ1n) is 8.24. The van der Waals surface area contributed by atoms with Gasteiger partial charge in [0.05, 0.1) is 5.69 Å². The lowest BCUT2D eigenvalue weighted by molar-refractivity contribution is 1.10. The molecular formula is C21H18N4. The van der Waals surface area contributed by atoms with E-state index in [4.69, 9.17) is 4.98 Å². The van der Waals surface area contributed by atoms with Gasteiger partial charge in [-0.3, -0.25) is 4.40 Å². The number of rotatable bonds is 3. The number of imidazole rings is 1. The molecule has 0 radical (unpaired) electrons. The topological polar surface area (TPSA) is 42.0 Å². The molecule has 0 N–H and O–H groups in total. The summed E-state index contributed by atoms with van der Waals surface area (Å²) in [7, 11) is 0. The summed E-state index contributed by atoms with van der Waals surface area (Å²) in [6, 6.07) is 22.2. The van der Waals surface area contributed by atoms with Crippen molar-refractivity contribution < 1.29 is 0 Å². The lowest BCUT2D eigenvalue weighted by Gasteiger charge is -2.02. The first-order chi connectivity index (χ1) is 12.2. The Hall–Kier alpha value is -3.27. The summed E-state index contributed by atoms with van der Waals surface area (Å²) in [6.45, 7) is 4.12. The summed E-state index contributed by atoms with van der Waals surface area (Å²) < 4.78 is 1.97. The van der Waals surface area contributed by atoms with E-state index in [-0.39, 0.29) is 0 Å². The minimum atomic E-state index is 0.738. The fraction of sp³-hybridized carbons (Fsp3) is 0.0952. The molecule has 0 fully saturated rings. The van der Waals surface area contributed by atoms with Crippen LogP contribution >= 0.6 is 0 Å². The highest BCUT2D eigenvalue weighted by Crippen LogP contribution is 2.32. The SMILES string of the molecule is Cc1ccc(N=Nc2c(-c3ccccc3)nc3ccccn23)c(C)c1. The highest BCUT2D eigenvalue weighted by Gasteiger charge is 2.13. The molecule has 0 amide bonds. The van der Waals surface area contributed by atoms with Crippen LogP contribution in [0.3, 0.4) is 0 Å². The second-order valence-electron chi connectivity index (χ2n) is 6.07. The van der Waals surface area contributed by atoms with Gasteiger partial charge in [0.2, 0.25) is 0 Å². The quantitative estimate of drug-likeness (QED) is 0.424. The first-order valence-corrected chi connectivity index (χ1v) is 8.24. The number of nitrogens with zero attached hydrogens (tertiary/aromatic N) is 4. The minimum absolute atomic E-state index is 0.738. The zero-order valence-electron chi connectivity index (χ0n) is 14.2. The number of pyridine rings is 1. The molecule has 4 heteroatoms. The van der Waals surface area contributed by atoms with Gasteiger partial charge >= 0.3 is 0 Å². The fourth-order valence-corrected chi connectivity index (χ4v) is 2.89. The largest absolute Gasteiger partial charge is 0.283 e. The van der Waals surface area contributed by atoms with Gasteiger partial charge in [-0.2, -0.15) is 0 Å². The fourth-order valence-electron chi connectivity index (χ4n) is 2.89. The van der Waals surface area contributed by atoms with E-state index >= 15 is 0 Å². The van der Waals surface area contributed by atoms with Crippen molar-refractivity contribution in [1.82, 2.24) is 9.38 Å². The Kier molecular flexibility index (Phi) is 3.86. The maximum atomic E-state index is 4.74. The molecule has 4 nitrogen and oxygen atoms in total. The third kappa shape index (κ3) is 2.94. The van der Waals surface area contributed by atoms with Gasteiger partial charge in [-0.15, -0.1) is 10.2 Å². The molecule has 122 valence electrons. The summed E-state index contributed by atoms with van der Waals surface area (Å²) in [6.07, 6.45) is 1.96. The number of aryl methyl sites for hydroxylation is 2. The van der Waals surface area contributed by atoms with Crippen LogP contribution in [0.5, 0.6) is 0 Å². The molecule has 0 aliphatic carbocycles.